The molecule has 0 amide bonds. The molecule has 1 N–H and O–H groups in total. The van der Waals surface area contributed by atoms with Crippen LogP contribution < -0.4 is 10.1 Å². The second-order valence-electron chi connectivity index (χ2n) is 5.30. The molecule has 0 bridgehead atoms. The van der Waals surface area contributed by atoms with E-state index < -0.39 is 0 Å². The monoisotopic (exact) mass is 309 g/mol. The van der Waals surface area contributed by atoms with Crippen LogP contribution in [0.4, 0.5) is 5.95 Å². The van der Waals surface area contributed by atoms with Crippen molar-refractivity contribution in [3.8, 4) is 5.75 Å². The Labute approximate surface area is 135 Å². The molecule has 0 radical (unpaired) electrons. The largest absolute Gasteiger partial charge is 0.489 e. The maximum Gasteiger partial charge on any atom is 0.242 e. The van der Waals surface area contributed by atoms with Crippen molar-refractivity contribution in [3.05, 3.63) is 65.2 Å². The van der Waals surface area contributed by atoms with Gasteiger partial charge in [0.1, 0.15) is 12.4 Å². The molecule has 0 unspecified atom stereocenters. The van der Waals surface area contributed by atoms with Gasteiger partial charge in [-0.15, -0.1) is 0 Å². The van der Waals surface area contributed by atoms with E-state index >= 15 is 0 Å². The predicted octanol–water partition coefficient (Wildman–Crippen LogP) is 2.71. The Kier molecular flexibility index (Phi) is 4.52. The molecule has 118 valence electrons. The Hall–Kier alpha value is -2.89. The highest BCUT2D eigenvalue weighted by molar-refractivity contribution is 5.37. The van der Waals surface area contributed by atoms with Crippen molar-refractivity contribution in [2.45, 2.75) is 20.1 Å². The third-order valence-corrected chi connectivity index (χ3v) is 3.67. The van der Waals surface area contributed by atoms with Crippen LogP contribution in [-0.4, -0.2) is 20.2 Å². The molecule has 3 aromatic rings. The summed E-state index contributed by atoms with van der Waals surface area (Å²) in [6.45, 7) is 3.24. The first kappa shape index (κ1) is 15.0. The topological polar surface area (TPSA) is 64.9 Å². The van der Waals surface area contributed by atoms with Crippen LogP contribution in [0.3, 0.4) is 0 Å². The Morgan fingerprint density at radius 3 is 2.52 bits per heavy atom. The zero-order valence-corrected chi connectivity index (χ0v) is 13.2. The fourth-order valence-corrected chi connectivity index (χ4v) is 2.27. The number of benzene rings is 2. The molecule has 0 fully saturated rings. The molecule has 1 aromatic heterocycles. The number of nitrogens with one attached hydrogen (secondary N) is 1. The second-order valence-corrected chi connectivity index (χ2v) is 5.30. The minimum atomic E-state index is 0.551. The first-order valence-electron chi connectivity index (χ1n) is 7.45. The number of hydrogen-bond acceptors (Lipinski definition) is 5. The lowest BCUT2D eigenvalue weighted by Gasteiger charge is -2.13. The summed E-state index contributed by atoms with van der Waals surface area (Å²) in [5.41, 5.74) is 3.48. The molecule has 23 heavy (non-hydrogen) atoms. The van der Waals surface area contributed by atoms with Crippen LogP contribution in [0, 0.1) is 6.92 Å². The van der Waals surface area contributed by atoms with Gasteiger partial charge in [-0.2, -0.15) is 0 Å². The SMILES string of the molecule is Cc1ccccc1COc1ccccc1CNc1nnnn1C. The molecule has 0 aliphatic carbocycles. The molecule has 0 aliphatic rings. The smallest absolute Gasteiger partial charge is 0.242 e. The summed E-state index contributed by atoms with van der Waals surface area (Å²) in [5, 5.41) is 14.5. The molecule has 3 rings (SSSR count). The summed E-state index contributed by atoms with van der Waals surface area (Å²) in [4.78, 5) is 0. The molecule has 0 atom stereocenters. The van der Waals surface area contributed by atoms with Gasteiger partial charge in [0.25, 0.3) is 0 Å². The second kappa shape index (κ2) is 6.91. The van der Waals surface area contributed by atoms with E-state index in [2.05, 4.69) is 39.9 Å². The van der Waals surface area contributed by atoms with Crippen molar-refractivity contribution in [1.29, 1.82) is 0 Å². The van der Waals surface area contributed by atoms with Crippen LogP contribution in [0.2, 0.25) is 0 Å². The molecular formula is C17H19N5O. The lowest BCUT2D eigenvalue weighted by Crippen LogP contribution is -2.07. The summed E-state index contributed by atoms with van der Waals surface area (Å²) in [6, 6.07) is 16.2. The third-order valence-electron chi connectivity index (χ3n) is 3.67. The molecule has 0 saturated carbocycles. The number of anilines is 1. The van der Waals surface area contributed by atoms with E-state index in [4.69, 9.17) is 4.74 Å². The normalized spacial score (nSPS) is 10.5. The van der Waals surface area contributed by atoms with Gasteiger partial charge < -0.3 is 10.1 Å². The fraction of sp³-hybridized carbons (Fsp3) is 0.235. The van der Waals surface area contributed by atoms with E-state index in [1.165, 1.54) is 11.1 Å². The first-order valence-corrected chi connectivity index (χ1v) is 7.45. The average molecular weight is 309 g/mol. The molecule has 2 aromatic carbocycles. The summed E-state index contributed by atoms with van der Waals surface area (Å²) >= 11 is 0. The maximum atomic E-state index is 6.01. The van der Waals surface area contributed by atoms with Crippen molar-refractivity contribution in [3.63, 3.8) is 0 Å². The molecule has 0 aliphatic heterocycles. The predicted molar refractivity (Wildman–Crippen MR) is 88.1 cm³/mol. The Balaban J connectivity index is 1.68. The van der Waals surface area contributed by atoms with Crippen LogP contribution in [0.1, 0.15) is 16.7 Å². The summed E-state index contributed by atoms with van der Waals surface area (Å²) in [7, 11) is 1.79. The van der Waals surface area contributed by atoms with E-state index in [1.54, 1.807) is 11.7 Å². The molecular weight excluding hydrogens is 290 g/mol. The van der Waals surface area contributed by atoms with Crippen molar-refractivity contribution < 1.29 is 4.74 Å². The van der Waals surface area contributed by atoms with Gasteiger partial charge in [0.2, 0.25) is 5.95 Å². The number of aryl methyl sites for hydroxylation is 2. The third kappa shape index (κ3) is 3.66. The fourth-order valence-electron chi connectivity index (χ4n) is 2.27. The van der Waals surface area contributed by atoms with Gasteiger partial charge in [0.15, 0.2) is 0 Å². The minimum absolute atomic E-state index is 0.551. The number of nitrogens with zero attached hydrogens (tertiary/aromatic N) is 4. The van der Waals surface area contributed by atoms with Gasteiger partial charge >= 0.3 is 0 Å². The molecule has 6 heteroatoms. The number of tetrazole rings is 1. The minimum Gasteiger partial charge on any atom is -0.489 e. The van der Waals surface area contributed by atoms with Gasteiger partial charge in [0.05, 0.1) is 0 Å². The maximum absolute atomic E-state index is 6.01. The first-order chi connectivity index (χ1) is 11.2. The summed E-state index contributed by atoms with van der Waals surface area (Å²) in [5.74, 6) is 1.48. The van der Waals surface area contributed by atoms with E-state index in [1.807, 2.05) is 36.4 Å². The highest BCUT2D eigenvalue weighted by Crippen LogP contribution is 2.21. The standard InChI is InChI=1S/C17H19N5O/c1-13-7-3-4-9-15(13)12-23-16-10-6-5-8-14(16)11-18-17-19-20-21-22(17)2/h3-10H,11-12H2,1-2H3,(H,18,19,21). The number of para-hydroxylation sites is 1. The van der Waals surface area contributed by atoms with Gasteiger partial charge in [0, 0.05) is 19.2 Å². The van der Waals surface area contributed by atoms with Crippen LogP contribution in [0.15, 0.2) is 48.5 Å². The zero-order valence-electron chi connectivity index (χ0n) is 13.2. The van der Waals surface area contributed by atoms with Gasteiger partial charge in [-0.25, -0.2) is 4.68 Å². The van der Waals surface area contributed by atoms with Crippen molar-refractivity contribution in [1.82, 2.24) is 20.2 Å². The average Bonchev–Trinajstić information content (AvgIpc) is 2.98. The van der Waals surface area contributed by atoms with Crippen molar-refractivity contribution in [2.75, 3.05) is 5.32 Å². The lowest BCUT2D eigenvalue weighted by molar-refractivity contribution is 0.302. The Morgan fingerprint density at radius 1 is 1.04 bits per heavy atom. The number of rotatable bonds is 6. The van der Waals surface area contributed by atoms with Crippen molar-refractivity contribution >= 4 is 5.95 Å². The van der Waals surface area contributed by atoms with Gasteiger partial charge in [-0.1, -0.05) is 47.6 Å². The summed E-state index contributed by atoms with van der Waals surface area (Å²) < 4.78 is 7.60. The van der Waals surface area contributed by atoms with E-state index in [-0.39, 0.29) is 0 Å². The van der Waals surface area contributed by atoms with E-state index in [9.17, 15) is 0 Å². The molecule has 0 saturated heterocycles. The van der Waals surface area contributed by atoms with Crippen molar-refractivity contribution in [2.24, 2.45) is 7.05 Å². The van der Waals surface area contributed by atoms with E-state index in [0.717, 1.165) is 11.3 Å². The van der Waals surface area contributed by atoms with Gasteiger partial charge in [-0.05, 0) is 34.5 Å². The van der Waals surface area contributed by atoms with Crippen LogP contribution in [-0.2, 0) is 20.2 Å². The molecule has 0 spiro atoms. The number of hydrogen-bond donors (Lipinski definition) is 1. The van der Waals surface area contributed by atoms with Gasteiger partial charge in [-0.3, -0.25) is 0 Å². The number of ether oxygens (including phenoxy) is 1. The van der Waals surface area contributed by atoms with E-state index in [0.29, 0.717) is 19.1 Å². The molecule has 1 heterocycles. The zero-order chi connectivity index (χ0) is 16.1. The number of aromatic nitrogens is 4. The quantitative estimate of drug-likeness (QED) is 0.758. The highest BCUT2D eigenvalue weighted by atomic mass is 16.5. The molecule has 6 nitrogen and oxygen atoms in total. The van der Waals surface area contributed by atoms with Crippen LogP contribution in [0.5, 0.6) is 5.75 Å². The van der Waals surface area contributed by atoms with Crippen LogP contribution in [0.25, 0.3) is 0 Å². The summed E-state index contributed by atoms with van der Waals surface area (Å²) in [6.07, 6.45) is 0. The Bertz CT molecular complexity index is 784. The van der Waals surface area contributed by atoms with Crippen LogP contribution >= 0.6 is 0 Å². The highest BCUT2D eigenvalue weighted by Gasteiger charge is 2.07. The lowest BCUT2D eigenvalue weighted by atomic mass is 10.1. The Morgan fingerprint density at radius 2 is 1.78 bits per heavy atom.